The van der Waals surface area contributed by atoms with Crippen molar-refractivity contribution in [1.29, 1.82) is 0 Å². The fourth-order valence-electron chi connectivity index (χ4n) is 3.07. The standard InChI is InChI=1S/C23H26N4O2S3/c1-3-4-12-20-25-26-22(32-20)24-19(28)11-8-13-27-21(29)18(31-23(27)30)15-16(2)14-17-9-6-5-7-10-17/h5-7,9-10,14-15H,3-4,8,11-13H2,1-2H3,(H,24,26,28). The van der Waals surface area contributed by atoms with Gasteiger partial charge >= 0.3 is 0 Å². The van der Waals surface area contributed by atoms with Gasteiger partial charge in [0.05, 0.1) is 4.91 Å². The quantitative estimate of drug-likeness (QED) is 0.356. The Morgan fingerprint density at radius 3 is 2.75 bits per heavy atom. The zero-order valence-electron chi connectivity index (χ0n) is 18.2. The zero-order chi connectivity index (χ0) is 22.9. The molecule has 0 saturated carbocycles. The fraction of sp³-hybridized carbons (Fsp3) is 0.348. The van der Waals surface area contributed by atoms with Gasteiger partial charge in [-0.15, -0.1) is 10.2 Å². The van der Waals surface area contributed by atoms with Crippen LogP contribution >= 0.6 is 35.3 Å². The number of thioether (sulfide) groups is 1. The summed E-state index contributed by atoms with van der Waals surface area (Å²) in [5.41, 5.74) is 2.06. The topological polar surface area (TPSA) is 75.2 Å². The Morgan fingerprint density at radius 1 is 1.22 bits per heavy atom. The lowest BCUT2D eigenvalue weighted by Crippen LogP contribution is -2.29. The lowest BCUT2D eigenvalue weighted by molar-refractivity contribution is -0.122. The number of anilines is 1. The van der Waals surface area contributed by atoms with Crippen LogP contribution in [0.1, 0.15) is 50.1 Å². The minimum absolute atomic E-state index is 0.106. The number of aromatic nitrogens is 2. The van der Waals surface area contributed by atoms with Crippen molar-refractivity contribution in [3.05, 3.63) is 57.5 Å². The zero-order valence-corrected chi connectivity index (χ0v) is 20.6. The molecule has 1 fully saturated rings. The summed E-state index contributed by atoms with van der Waals surface area (Å²) in [6, 6.07) is 9.95. The SMILES string of the molecule is CCCCc1nnc(NC(=O)CCCN2C(=O)C(=CC(C)=Cc3ccccc3)SC2=S)s1. The fourth-order valence-corrected chi connectivity index (χ4v) is 5.22. The van der Waals surface area contributed by atoms with Gasteiger partial charge in [0.15, 0.2) is 0 Å². The number of nitrogens with one attached hydrogen (secondary N) is 1. The maximum atomic E-state index is 12.8. The van der Waals surface area contributed by atoms with Crippen molar-refractivity contribution in [1.82, 2.24) is 15.1 Å². The maximum Gasteiger partial charge on any atom is 0.266 e. The van der Waals surface area contributed by atoms with Crippen LogP contribution in [-0.4, -0.2) is 37.8 Å². The molecule has 0 radical (unpaired) electrons. The molecule has 2 amide bonds. The van der Waals surface area contributed by atoms with Gasteiger partial charge in [0, 0.05) is 19.4 Å². The van der Waals surface area contributed by atoms with E-state index in [0.717, 1.165) is 35.4 Å². The van der Waals surface area contributed by atoms with Gasteiger partial charge in [0.2, 0.25) is 11.0 Å². The Morgan fingerprint density at radius 2 is 2.00 bits per heavy atom. The van der Waals surface area contributed by atoms with E-state index in [-0.39, 0.29) is 18.2 Å². The minimum atomic E-state index is -0.134. The van der Waals surface area contributed by atoms with Gasteiger partial charge in [-0.05, 0) is 37.0 Å². The second-order valence-electron chi connectivity index (χ2n) is 7.39. The van der Waals surface area contributed by atoms with Crippen molar-refractivity contribution >= 4 is 62.7 Å². The van der Waals surface area contributed by atoms with Crippen molar-refractivity contribution < 1.29 is 9.59 Å². The van der Waals surface area contributed by atoms with Crippen molar-refractivity contribution in [2.24, 2.45) is 0 Å². The Balaban J connectivity index is 1.48. The van der Waals surface area contributed by atoms with Crippen LogP contribution in [0.25, 0.3) is 6.08 Å². The van der Waals surface area contributed by atoms with E-state index in [1.54, 1.807) is 4.90 Å². The Bertz CT molecular complexity index is 1030. The van der Waals surface area contributed by atoms with E-state index < -0.39 is 0 Å². The molecule has 32 heavy (non-hydrogen) atoms. The number of aryl methyl sites for hydroxylation is 1. The first-order valence-electron chi connectivity index (χ1n) is 10.6. The van der Waals surface area contributed by atoms with Crippen LogP contribution in [0.5, 0.6) is 0 Å². The molecule has 0 unspecified atom stereocenters. The van der Waals surface area contributed by atoms with E-state index in [9.17, 15) is 9.59 Å². The first-order valence-corrected chi connectivity index (χ1v) is 12.6. The number of hydrogen-bond donors (Lipinski definition) is 1. The number of allylic oxidation sites excluding steroid dienone is 2. The van der Waals surface area contributed by atoms with Crippen LogP contribution in [0, 0.1) is 0 Å². The number of thiocarbonyl (C=S) groups is 1. The summed E-state index contributed by atoms with van der Waals surface area (Å²) in [4.78, 5) is 27.2. The highest BCUT2D eigenvalue weighted by molar-refractivity contribution is 8.26. The number of carbonyl (C=O) groups excluding carboxylic acids is 2. The molecule has 1 N–H and O–H groups in total. The lowest BCUT2D eigenvalue weighted by atomic mass is 10.1. The van der Waals surface area contributed by atoms with Crippen LogP contribution < -0.4 is 5.32 Å². The van der Waals surface area contributed by atoms with E-state index in [2.05, 4.69) is 22.4 Å². The summed E-state index contributed by atoms with van der Waals surface area (Å²) in [7, 11) is 0. The normalized spacial score (nSPS) is 15.6. The van der Waals surface area contributed by atoms with Crippen LogP contribution in [0.15, 0.2) is 46.9 Å². The summed E-state index contributed by atoms with van der Waals surface area (Å²) in [5.74, 6) is -0.239. The number of amides is 2. The van der Waals surface area contributed by atoms with Crippen LogP contribution in [0.4, 0.5) is 5.13 Å². The first kappa shape index (κ1) is 24.3. The smallest absolute Gasteiger partial charge is 0.266 e. The number of unbranched alkanes of at least 4 members (excludes halogenated alkanes) is 1. The number of rotatable bonds is 10. The molecule has 0 bridgehead atoms. The summed E-state index contributed by atoms with van der Waals surface area (Å²) >= 11 is 8.10. The van der Waals surface area contributed by atoms with Crippen LogP contribution in [-0.2, 0) is 16.0 Å². The molecule has 1 aromatic carbocycles. The summed E-state index contributed by atoms with van der Waals surface area (Å²) in [5, 5.41) is 12.4. The average Bonchev–Trinajstić information content (AvgIpc) is 3.31. The van der Waals surface area contributed by atoms with Crippen molar-refractivity contribution in [2.75, 3.05) is 11.9 Å². The molecule has 2 aromatic rings. The first-order chi connectivity index (χ1) is 15.5. The third-order valence-corrected chi connectivity index (χ3v) is 6.95. The van der Waals surface area contributed by atoms with Gasteiger partial charge in [-0.2, -0.15) is 0 Å². The number of carbonyl (C=O) groups is 2. The van der Waals surface area contributed by atoms with Crippen LogP contribution in [0.2, 0.25) is 0 Å². The van der Waals surface area contributed by atoms with Gasteiger partial charge in [0.25, 0.3) is 5.91 Å². The molecular formula is C23H26N4O2S3. The van der Waals surface area contributed by atoms with Crippen LogP contribution in [0.3, 0.4) is 0 Å². The Kier molecular flexibility index (Phi) is 9.13. The monoisotopic (exact) mass is 486 g/mol. The maximum absolute atomic E-state index is 12.8. The van der Waals surface area contributed by atoms with E-state index in [1.165, 1.54) is 23.1 Å². The third kappa shape index (κ3) is 7.08. The van der Waals surface area contributed by atoms with E-state index in [4.69, 9.17) is 12.2 Å². The molecule has 1 aromatic heterocycles. The molecular weight excluding hydrogens is 460 g/mol. The summed E-state index contributed by atoms with van der Waals surface area (Å²) in [6.07, 6.45) is 7.73. The molecule has 2 heterocycles. The highest BCUT2D eigenvalue weighted by Gasteiger charge is 2.31. The Hall–Kier alpha value is -2.36. The minimum Gasteiger partial charge on any atom is -0.301 e. The molecule has 3 rings (SSSR count). The molecule has 0 atom stereocenters. The van der Waals surface area contributed by atoms with E-state index in [1.807, 2.05) is 49.4 Å². The second kappa shape index (κ2) is 12.0. The second-order valence-corrected chi connectivity index (χ2v) is 10.1. The molecule has 168 valence electrons. The molecule has 0 aliphatic carbocycles. The molecule has 6 nitrogen and oxygen atoms in total. The molecule has 1 aliphatic rings. The van der Waals surface area contributed by atoms with Gasteiger partial charge in [-0.3, -0.25) is 14.5 Å². The van der Waals surface area contributed by atoms with Crippen molar-refractivity contribution in [3.63, 3.8) is 0 Å². The highest BCUT2D eigenvalue weighted by Crippen LogP contribution is 2.32. The van der Waals surface area contributed by atoms with Crippen molar-refractivity contribution in [2.45, 2.75) is 46.0 Å². The lowest BCUT2D eigenvalue weighted by Gasteiger charge is -2.13. The number of hydrogen-bond acceptors (Lipinski definition) is 7. The van der Waals surface area contributed by atoms with E-state index >= 15 is 0 Å². The average molecular weight is 487 g/mol. The molecule has 0 spiro atoms. The molecule has 1 saturated heterocycles. The summed E-state index contributed by atoms with van der Waals surface area (Å²) in [6.45, 7) is 4.50. The van der Waals surface area contributed by atoms with Gasteiger partial charge in [-0.1, -0.05) is 85.1 Å². The number of benzene rings is 1. The highest BCUT2D eigenvalue weighted by atomic mass is 32.2. The Labute approximate surface area is 202 Å². The number of nitrogens with zero attached hydrogens (tertiary/aromatic N) is 3. The largest absolute Gasteiger partial charge is 0.301 e. The van der Waals surface area contributed by atoms with Gasteiger partial charge in [0.1, 0.15) is 9.33 Å². The van der Waals surface area contributed by atoms with Gasteiger partial charge in [-0.25, -0.2) is 0 Å². The summed E-state index contributed by atoms with van der Waals surface area (Å²) < 4.78 is 0.527. The van der Waals surface area contributed by atoms with E-state index in [0.29, 0.717) is 27.3 Å². The van der Waals surface area contributed by atoms with Crippen molar-refractivity contribution in [3.8, 4) is 0 Å². The predicted molar refractivity (Wildman–Crippen MR) is 136 cm³/mol. The predicted octanol–water partition coefficient (Wildman–Crippen LogP) is 5.45. The molecule has 9 heteroatoms. The molecule has 1 aliphatic heterocycles. The van der Waals surface area contributed by atoms with Gasteiger partial charge < -0.3 is 5.32 Å². The third-order valence-electron chi connectivity index (χ3n) is 4.67.